The van der Waals surface area contributed by atoms with Crippen LogP contribution in [-0.4, -0.2) is 69.7 Å². The van der Waals surface area contributed by atoms with E-state index in [4.69, 9.17) is 9.72 Å². The summed E-state index contributed by atoms with van der Waals surface area (Å²) in [7, 11) is 0. The Balaban J connectivity index is 1.36. The van der Waals surface area contributed by atoms with Gasteiger partial charge >= 0.3 is 12.0 Å². The molecular weight excluding hydrogens is 422 g/mol. The normalized spacial score (nSPS) is 16.3. The van der Waals surface area contributed by atoms with Gasteiger partial charge in [0.2, 0.25) is 5.88 Å². The number of pyridine rings is 2. The lowest BCUT2D eigenvalue weighted by Gasteiger charge is -2.27. The largest absolute Gasteiger partial charge is 0.481 e. The predicted octanol–water partition coefficient (Wildman–Crippen LogP) is 3.12. The Morgan fingerprint density at radius 2 is 2.15 bits per heavy atom. The van der Waals surface area contributed by atoms with Gasteiger partial charge in [-0.25, -0.2) is 14.8 Å². The zero-order chi connectivity index (χ0) is 23.2. The van der Waals surface area contributed by atoms with Crippen molar-refractivity contribution < 1.29 is 19.4 Å². The summed E-state index contributed by atoms with van der Waals surface area (Å²) in [5.74, 6) is 0.519. The van der Waals surface area contributed by atoms with Gasteiger partial charge in [0.05, 0.1) is 19.1 Å². The second-order valence-electron chi connectivity index (χ2n) is 8.38. The first-order valence-electron chi connectivity index (χ1n) is 11.6. The number of ether oxygens (including phenoxy) is 1. The molecule has 9 nitrogen and oxygen atoms in total. The lowest BCUT2D eigenvalue weighted by Crippen LogP contribution is -2.36. The van der Waals surface area contributed by atoms with Crippen LogP contribution in [0.3, 0.4) is 0 Å². The number of rotatable bonds is 10. The second-order valence-corrected chi connectivity index (χ2v) is 8.38. The van der Waals surface area contributed by atoms with Gasteiger partial charge in [-0.2, -0.15) is 0 Å². The van der Waals surface area contributed by atoms with Crippen molar-refractivity contribution in [3.05, 3.63) is 47.3 Å². The van der Waals surface area contributed by atoms with Crippen molar-refractivity contribution in [2.75, 3.05) is 38.1 Å². The number of aromatic nitrogens is 2. The third-order valence-electron chi connectivity index (χ3n) is 6.12. The van der Waals surface area contributed by atoms with E-state index in [1.807, 2.05) is 6.92 Å². The molecule has 1 fully saturated rings. The molecule has 1 saturated heterocycles. The highest BCUT2D eigenvalue weighted by atomic mass is 16.5. The molecule has 2 aliphatic rings. The third-order valence-corrected chi connectivity index (χ3v) is 6.12. The second kappa shape index (κ2) is 10.5. The number of carboxylic acid groups (broad SMARTS) is 1. The molecular formula is C24H31N5O4. The number of carbonyl (C=O) groups excluding carboxylic acids is 1. The summed E-state index contributed by atoms with van der Waals surface area (Å²) in [6.45, 7) is 5.02. The zero-order valence-corrected chi connectivity index (χ0v) is 19.0. The number of fused-ring (bicyclic) bond motifs is 1. The lowest BCUT2D eigenvalue weighted by atomic mass is 10.0. The van der Waals surface area contributed by atoms with Gasteiger partial charge in [0.1, 0.15) is 5.82 Å². The van der Waals surface area contributed by atoms with Crippen molar-refractivity contribution in [1.29, 1.82) is 0 Å². The monoisotopic (exact) mass is 453 g/mol. The van der Waals surface area contributed by atoms with Crippen molar-refractivity contribution >= 4 is 17.8 Å². The van der Waals surface area contributed by atoms with Crippen molar-refractivity contribution in [1.82, 2.24) is 19.8 Å². The van der Waals surface area contributed by atoms with E-state index >= 15 is 0 Å². The average molecular weight is 454 g/mol. The molecule has 176 valence electrons. The highest BCUT2D eigenvalue weighted by Crippen LogP contribution is 2.29. The molecule has 2 amide bonds. The number of urea groups is 1. The Labute approximate surface area is 193 Å². The van der Waals surface area contributed by atoms with Gasteiger partial charge in [0.15, 0.2) is 0 Å². The number of aliphatic carboxylic acids is 1. The molecule has 0 aliphatic carbocycles. The van der Waals surface area contributed by atoms with Gasteiger partial charge in [-0.15, -0.1) is 0 Å². The van der Waals surface area contributed by atoms with Crippen LogP contribution < -0.4 is 10.1 Å². The maximum absolute atomic E-state index is 13.1. The van der Waals surface area contributed by atoms with Gasteiger partial charge in [0.25, 0.3) is 0 Å². The van der Waals surface area contributed by atoms with Gasteiger partial charge in [-0.1, -0.05) is 12.1 Å². The minimum absolute atomic E-state index is 0.129. The summed E-state index contributed by atoms with van der Waals surface area (Å²) in [5.41, 5.74) is 2.99. The third kappa shape index (κ3) is 5.53. The number of amides is 2. The summed E-state index contributed by atoms with van der Waals surface area (Å²) in [6.07, 6.45) is 5.23. The van der Waals surface area contributed by atoms with Crippen LogP contribution in [0.4, 0.5) is 10.6 Å². The molecule has 2 aliphatic heterocycles. The van der Waals surface area contributed by atoms with E-state index < -0.39 is 12.0 Å². The fraction of sp³-hybridized carbons (Fsp3) is 0.500. The molecule has 1 atom stereocenters. The summed E-state index contributed by atoms with van der Waals surface area (Å²) in [6, 6.07) is 7.04. The Bertz CT molecular complexity index is 981. The van der Waals surface area contributed by atoms with E-state index in [9.17, 15) is 14.7 Å². The summed E-state index contributed by atoms with van der Waals surface area (Å²) >= 11 is 0. The Morgan fingerprint density at radius 1 is 1.27 bits per heavy atom. The van der Waals surface area contributed by atoms with Gasteiger partial charge in [-0.3, -0.25) is 4.79 Å². The summed E-state index contributed by atoms with van der Waals surface area (Å²) in [4.78, 5) is 37.0. The highest BCUT2D eigenvalue weighted by Gasteiger charge is 2.35. The minimum Gasteiger partial charge on any atom is -0.481 e. The molecule has 0 radical (unpaired) electrons. The molecule has 4 rings (SSSR count). The van der Waals surface area contributed by atoms with Crippen molar-refractivity contribution in [2.24, 2.45) is 0 Å². The topological polar surface area (TPSA) is 108 Å². The van der Waals surface area contributed by atoms with Crippen LogP contribution in [-0.2, 0) is 17.6 Å². The molecule has 33 heavy (non-hydrogen) atoms. The quantitative estimate of drug-likeness (QED) is 0.569. The van der Waals surface area contributed by atoms with Crippen LogP contribution in [0.25, 0.3) is 0 Å². The Morgan fingerprint density at radius 3 is 2.91 bits per heavy atom. The first-order valence-corrected chi connectivity index (χ1v) is 11.6. The van der Waals surface area contributed by atoms with Crippen LogP contribution in [0.15, 0.2) is 30.5 Å². The number of anilines is 1. The van der Waals surface area contributed by atoms with E-state index in [2.05, 4.69) is 22.4 Å². The summed E-state index contributed by atoms with van der Waals surface area (Å²) in [5, 5.41) is 12.8. The number of nitrogens with one attached hydrogen (secondary N) is 1. The number of carboxylic acids is 1. The fourth-order valence-corrected chi connectivity index (χ4v) is 4.45. The van der Waals surface area contributed by atoms with Crippen molar-refractivity contribution in [3.63, 3.8) is 0 Å². The van der Waals surface area contributed by atoms with Gasteiger partial charge < -0.3 is 25.0 Å². The van der Waals surface area contributed by atoms with Gasteiger partial charge in [0, 0.05) is 44.1 Å². The first kappa shape index (κ1) is 22.8. The smallest absolute Gasteiger partial charge is 0.320 e. The predicted molar refractivity (Wildman–Crippen MR) is 123 cm³/mol. The minimum atomic E-state index is -0.952. The zero-order valence-electron chi connectivity index (χ0n) is 19.0. The number of hydrogen-bond acceptors (Lipinski definition) is 6. The Kier molecular flexibility index (Phi) is 7.26. The van der Waals surface area contributed by atoms with E-state index in [1.165, 1.54) is 5.56 Å². The molecule has 2 aromatic rings. The van der Waals surface area contributed by atoms with Crippen molar-refractivity contribution in [3.8, 4) is 5.88 Å². The molecule has 9 heteroatoms. The standard InChI is InChI=1S/C24H31N5O4/c1-2-33-21-10-8-18(16-26-21)20(15-22(30)31)29-14-13-28(24(29)32)12-4-6-19-9-7-17-5-3-11-25-23(17)27-19/h7-10,16,20H,2-6,11-15H2,1H3,(H,25,27)(H,30,31)/t20-/m1/s1. The maximum atomic E-state index is 13.1. The molecule has 0 bridgehead atoms. The first-order chi connectivity index (χ1) is 16.0. The van der Waals surface area contributed by atoms with Crippen molar-refractivity contribution in [2.45, 2.75) is 45.1 Å². The molecule has 2 aromatic heterocycles. The molecule has 0 spiro atoms. The van der Waals surface area contributed by atoms with Gasteiger partial charge in [-0.05, 0) is 49.8 Å². The number of aryl methyl sites for hydroxylation is 2. The highest BCUT2D eigenvalue weighted by molar-refractivity contribution is 5.78. The van der Waals surface area contributed by atoms with E-state index in [1.54, 1.807) is 28.1 Å². The van der Waals surface area contributed by atoms with Crippen LogP contribution in [0.5, 0.6) is 5.88 Å². The average Bonchev–Trinajstić information content (AvgIpc) is 3.18. The van der Waals surface area contributed by atoms with E-state index in [-0.39, 0.29) is 12.5 Å². The number of carbonyl (C=O) groups is 2. The number of hydrogen-bond donors (Lipinski definition) is 2. The molecule has 0 aromatic carbocycles. The van der Waals surface area contributed by atoms with Crippen LogP contribution in [0.2, 0.25) is 0 Å². The molecule has 2 N–H and O–H groups in total. The maximum Gasteiger partial charge on any atom is 0.320 e. The Hall–Kier alpha value is -3.36. The summed E-state index contributed by atoms with van der Waals surface area (Å²) < 4.78 is 5.37. The van der Waals surface area contributed by atoms with E-state index in [0.717, 1.165) is 43.7 Å². The van der Waals surface area contributed by atoms with Crippen LogP contribution in [0, 0.1) is 0 Å². The SMILES string of the molecule is CCOc1ccc([C@@H](CC(=O)O)N2CCN(CCCc3ccc4c(n3)NCCC4)C2=O)cn1. The number of nitrogens with zero attached hydrogens (tertiary/aromatic N) is 4. The molecule has 4 heterocycles. The fourth-order valence-electron chi connectivity index (χ4n) is 4.45. The molecule has 0 saturated carbocycles. The van der Waals surface area contributed by atoms with E-state index in [0.29, 0.717) is 37.7 Å². The van der Waals surface area contributed by atoms with Crippen LogP contribution in [0.1, 0.15) is 49.0 Å². The van der Waals surface area contributed by atoms with Crippen LogP contribution >= 0.6 is 0 Å². The lowest BCUT2D eigenvalue weighted by molar-refractivity contribution is -0.138. The molecule has 0 unspecified atom stereocenters.